The average Bonchev–Trinajstić information content (AvgIpc) is 0.685. The molecule has 0 aliphatic carbocycles. The highest BCUT2D eigenvalue weighted by molar-refractivity contribution is 8.00. The van der Waals surface area contributed by atoms with Crippen LogP contribution in [0.4, 0.5) is 94.1 Å². The van der Waals surface area contributed by atoms with Crippen LogP contribution in [0.2, 0.25) is 0 Å². The smallest absolute Gasteiger partial charge is 0.252 e. The maximum atomic E-state index is 19.0. The fourth-order valence-electron chi connectivity index (χ4n) is 17.7. The minimum absolute atomic E-state index is 0.235. The molecule has 0 unspecified atom stereocenters. The Bertz CT molecular complexity index is 6470. The molecule has 0 saturated carbocycles. The lowest BCUT2D eigenvalue weighted by atomic mass is 9.31. The van der Waals surface area contributed by atoms with Gasteiger partial charge in [0.05, 0.1) is 22.7 Å². The number of fused-ring (bicyclic) bond motifs is 8. The van der Waals surface area contributed by atoms with Crippen LogP contribution < -0.4 is 57.3 Å². The molecule has 526 valence electrons. The Labute approximate surface area is 655 Å². The molecule has 0 amide bonds. The van der Waals surface area contributed by atoms with E-state index in [1.807, 2.05) is 36.4 Å². The summed E-state index contributed by atoms with van der Waals surface area (Å²) in [5.41, 5.74) is 30.0. The third-order valence-electron chi connectivity index (χ3n) is 22.6. The molecule has 10 heteroatoms. The van der Waals surface area contributed by atoms with Crippen molar-refractivity contribution >= 4 is 143 Å². The lowest BCUT2D eigenvalue weighted by Crippen LogP contribution is -2.64. The van der Waals surface area contributed by atoms with E-state index in [9.17, 15) is 0 Å². The van der Waals surface area contributed by atoms with Crippen molar-refractivity contribution in [1.29, 1.82) is 0 Å². The van der Waals surface area contributed by atoms with Crippen LogP contribution in [-0.2, 0) is 0 Å². The Hall–Kier alpha value is -13.9. The fraction of sp³-hybridized carbons (Fsp3) is 0. The number of nitrogens with zero attached hydrogens (tertiary/aromatic N) is 5. The molecule has 4 aliphatic heterocycles. The van der Waals surface area contributed by atoms with Crippen LogP contribution in [0.3, 0.4) is 0 Å². The van der Waals surface area contributed by atoms with Crippen molar-refractivity contribution in [3.63, 3.8) is 0 Å². The number of anilines is 15. The van der Waals surface area contributed by atoms with Crippen LogP contribution in [0.15, 0.2) is 416 Å². The molecule has 4 aliphatic rings. The minimum Gasteiger partial charge on any atom is -0.311 e. The molecule has 4 heterocycles. The van der Waals surface area contributed by atoms with Crippen LogP contribution in [0.25, 0.3) is 55.6 Å². The first-order valence-electron chi connectivity index (χ1n) is 38.1. The van der Waals surface area contributed by atoms with Crippen molar-refractivity contribution in [1.82, 2.24) is 0 Å². The van der Waals surface area contributed by atoms with Crippen molar-refractivity contribution in [2.24, 2.45) is 0 Å². The quantitative estimate of drug-likeness (QED) is 0.100. The molecule has 0 radical (unpaired) electrons. The molecular formula is C102H67B2F2N5S. The van der Waals surface area contributed by atoms with Gasteiger partial charge in [0.25, 0.3) is 6.71 Å². The van der Waals surface area contributed by atoms with E-state index in [0.717, 1.165) is 162 Å². The zero-order chi connectivity index (χ0) is 74.3. The van der Waals surface area contributed by atoms with Crippen LogP contribution in [-0.4, -0.2) is 13.4 Å². The zero-order valence-electron chi connectivity index (χ0n) is 60.7. The molecule has 112 heavy (non-hydrogen) atoms. The Morgan fingerprint density at radius 1 is 0.241 bits per heavy atom. The summed E-state index contributed by atoms with van der Waals surface area (Å²) in [7, 11) is 0. The lowest BCUT2D eigenvalue weighted by molar-refractivity contribution is 0.585. The fourth-order valence-corrected chi connectivity index (χ4v) is 18.9. The highest BCUT2D eigenvalue weighted by atomic mass is 32.2. The van der Waals surface area contributed by atoms with Crippen molar-refractivity contribution in [2.45, 2.75) is 9.79 Å². The first kappa shape index (κ1) is 66.3. The van der Waals surface area contributed by atoms with Gasteiger partial charge in [0.15, 0.2) is 5.82 Å². The number of rotatable bonds is 14. The maximum absolute atomic E-state index is 19.0. The number of benzene rings is 17. The SMILES string of the molecule is Fc1cc(F)c(N2c3cc4c(cc3B3c5ccccc5N(c5ccccc5)c5cc(N(c6ccc(-c7ccccc7)cc6)c6ccccc6-c6ccccc6)cc2c53)B2c3ccccc3N(c3ccccc3)c3cc(N(c5ccc(-c6ccccc6)cc5)c5ccccc5-c5ccccc5)cc(c32)S4)c(-c2ccccc2)c1. The summed E-state index contributed by atoms with van der Waals surface area (Å²) in [4.78, 5) is 13.9. The molecule has 0 saturated heterocycles. The van der Waals surface area contributed by atoms with E-state index in [-0.39, 0.29) is 12.4 Å². The van der Waals surface area contributed by atoms with E-state index < -0.39 is 18.3 Å². The summed E-state index contributed by atoms with van der Waals surface area (Å²) in [5.74, 6) is -1.36. The van der Waals surface area contributed by atoms with E-state index in [1.165, 1.54) is 17.0 Å². The second-order valence-corrected chi connectivity index (χ2v) is 30.0. The van der Waals surface area contributed by atoms with Gasteiger partial charge >= 0.3 is 0 Å². The molecular weight excluding hydrogens is 1390 g/mol. The van der Waals surface area contributed by atoms with Gasteiger partial charge in [-0.1, -0.05) is 308 Å². The van der Waals surface area contributed by atoms with Gasteiger partial charge in [0.1, 0.15) is 5.82 Å². The lowest BCUT2D eigenvalue weighted by Gasteiger charge is -2.46. The van der Waals surface area contributed by atoms with Crippen molar-refractivity contribution in [3.05, 3.63) is 418 Å². The Morgan fingerprint density at radius 2 is 0.616 bits per heavy atom. The standard InChI is InChI=1S/C102H67B2F2N5S/c105-75-60-84(74-38-16-5-17-39-74)102(89(106)61-75)111-94-67-98-88(104-86-47-25-29-51-93(86)110(77-42-20-7-21-43-77)97-64-81(65-99(112-98)101(97)104)108(79-58-54-71(55-59-79)69-32-10-2-11-33-69)91-49-27-23-45-83(91)73-36-14-4-15-37-73)66-87(94)103-85-46-24-28-50-92(85)109(76-40-18-6-19-41-76)95-62-80(63-96(111)100(95)103)107(78-56-52-70(53-57-78)68-30-8-1-9-31-68)90-48-26-22-44-82(90)72-34-12-3-13-35-72/h1-67H. The molecule has 21 rings (SSSR count). The molecule has 0 atom stereocenters. The van der Waals surface area contributed by atoms with Gasteiger partial charge in [-0.2, -0.15) is 0 Å². The van der Waals surface area contributed by atoms with Crippen LogP contribution in [0.5, 0.6) is 0 Å². The number of hydrogen-bond donors (Lipinski definition) is 0. The first-order valence-corrected chi connectivity index (χ1v) is 38.9. The van der Waals surface area contributed by atoms with Gasteiger partial charge in [0.2, 0.25) is 6.71 Å². The van der Waals surface area contributed by atoms with Gasteiger partial charge in [-0.15, -0.1) is 0 Å². The van der Waals surface area contributed by atoms with Crippen molar-refractivity contribution in [2.75, 3.05) is 24.5 Å². The Morgan fingerprint density at radius 3 is 1.10 bits per heavy atom. The van der Waals surface area contributed by atoms with E-state index >= 15 is 8.78 Å². The Kier molecular flexibility index (Phi) is 16.4. The van der Waals surface area contributed by atoms with Gasteiger partial charge in [-0.05, 0) is 175 Å². The van der Waals surface area contributed by atoms with E-state index in [0.29, 0.717) is 11.1 Å². The monoisotopic (exact) mass is 1450 g/mol. The molecule has 0 spiro atoms. The summed E-state index contributed by atoms with van der Waals surface area (Å²) >= 11 is 1.76. The highest BCUT2D eigenvalue weighted by Gasteiger charge is 2.49. The summed E-state index contributed by atoms with van der Waals surface area (Å²) in [6, 6.07) is 143. The van der Waals surface area contributed by atoms with E-state index in [2.05, 4.69) is 382 Å². The van der Waals surface area contributed by atoms with Gasteiger partial charge < -0.3 is 24.5 Å². The largest absolute Gasteiger partial charge is 0.311 e. The minimum atomic E-state index is -0.693. The third-order valence-corrected chi connectivity index (χ3v) is 23.7. The average molecular weight is 1450 g/mol. The molecule has 17 aromatic carbocycles. The predicted octanol–water partition coefficient (Wildman–Crippen LogP) is 24.1. The number of halogens is 2. The molecule has 5 nitrogen and oxygen atoms in total. The second-order valence-electron chi connectivity index (χ2n) is 28.9. The molecule has 0 bridgehead atoms. The first-order chi connectivity index (χ1) is 55.4. The van der Waals surface area contributed by atoms with Gasteiger partial charge in [-0.25, -0.2) is 8.78 Å². The summed E-state index contributed by atoms with van der Waals surface area (Å²) in [5, 5.41) is 0. The highest BCUT2D eigenvalue weighted by Crippen LogP contribution is 2.54. The van der Waals surface area contributed by atoms with Crippen molar-refractivity contribution < 1.29 is 8.78 Å². The van der Waals surface area contributed by atoms with Crippen LogP contribution in [0.1, 0.15) is 0 Å². The topological polar surface area (TPSA) is 16.2 Å². The Balaban J connectivity index is 0.853. The van der Waals surface area contributed by atoms with E-state index in [1.54, 1.807) is 11.8 Å². The molecule has 0 fully saturated rings. The predicted molar refractivity (Wildman–Crippen MR) is 467 cm³/mol. The number of hydrogen-bond acceptors (Lipinski definition) is 6. The van der Waals surface area contributed by atoms with Gasteiger partial charge in [0, 0.05) is 95.1 Å². The zero-order valence-corrected chi connectivity index (χ0v) is 61.6. The number of para-hydroxylation sites is 6. The molecule has 0 aromatic heterocycles. The van der Waals surface area contributed by atoms with Crippen molar-refractivity contribution in [3.8, 4) is 55.6 Å². The maximum Gasteiger partial charge on any atom is 0.252 e. The summed E-state index contributed by atoms with van der Waals surface area (Å²) < 4.78 is 35.9. The van der Waals surface area contributed by atoms with E-state index in [4.69, 9.17) is 0 Å². The molecule has 17 aromatic rings. The summed E-state index contributed by atoms with van der Waals surface area (Å²) in [6.45, 7) is -0.692. The van der Waals surface area contributed by atoms with Crippen LogP contribution >= 0.6 is 11.8 Å². The normalized spacial score (nSPS) is 12.6. The van der Waals surface area contributed by atoms with Crippen LogP contribution in [0, 0.1) is 11.6 Å². The third kappa shape index (κ3) is 11.2. The molecule has 0 N–H and O–H groups in total. The van der Waals surface area contributed by atoms with Gasteiger partial charge in [-0.3, -0.25) is 0 Å². The second kappa shape index (κ2) is 27.6. The summed E-state index contributed by atoms with van der Waals surface area (Å²) in [6.07, 6.45) is 0.